The highest BCUT2D eigenvalue weighted by atomic mass is 16.6. The number of hydrogen-bond acceptors (Lipinski definition) is 6. The van der Waals surface area contributed by atoms with Crippen LogP contribution in [0.5, 0.6) is 5.75 Å². The molecule has 0 fully saturated rings. The lowest BCUT2D eigenvalue weighted by molar-refractivity contribution is -0.384. The van der Waals surface area contributed by atoms with Crippen LogP contribution in [0.4, 0.5) is 5.69 Å². The number of aromatic carboxylic acids is 1. The summed E-state index contributed by atoms with van der Waals surface area (Å²) in [6, 6.07) is 3.37. The maximum Gasteiger partial charge on any atom is 0.339 e. The standard InChI is InChI=1S/C11H8N2O6/c14-11(15)9-3-8(13(16)17)1-2-10(9)18-5-7-4-12-19-6-7/h1-4,6H,5H2,(H,14,15). The molecule has 0 aliphatic carbocycles. The SMILES string of the molecule is O=C(O)c1cc([N+](=O)[O-])ccc1OCc1cnoc1. The van der Waals surface area contributed by atoms with Gasteiger partial charge in [0.05, 0.1) is 11.1 Å². The summed E-state index contributed by atoms with van der Waals surface area (Å²) in [5.41, 5.74) is 0.0371. The zero-order valence-electron chi connectivity index (χ0n) is 9.48. The number of carbonyl (C=O) groups is 1. The Morgan fingerprint density at radius 3 is 2.89 bits per heavy atom. The number of nitrogens with zero attached hydrogens (tertiary/aromatic N) is 2. The molecule has 0 saturated carbocycles. The topological polar surface area (TPSA) is 116 Å². The number of carboxylic acids is 1. The van der Waals surface area contributed by atoms with Crippen LogP contribution in [-0.2, 0) is 6.61 Å². The van der Waals surface area contributed by atoms with Crippen LogP contribution < -0.4 is 4.74 Å². The Labute approximate surface area is 106 Å². The Bertz CT molecular complexity index is 608. The Morgan fingerprint density at radius 2 is 2.32 bits per heavy atom. The molecular weight excluding hydrogens is 256 g/mol. The van der Waals surface area contributed by atoms with Crippen molar-refractivity contribution in [2.45, 2.75) is 6.61 Å². The van der Waals surface area contributed by atoms with Crippen molar-refractivity contribution in [3.63, 3.8) is 0 Å². The van der Waals surface area contributed by atoms with Crippen molar-refractivity contribution >= 4 is 11.7 Å². The average molecular weight is 264 g/mol. The van der Waals surface area contributed by atoms with Crippen molar-refractivity contribution in [2.75, 3.05) is 0 Å². The maximum atomic E-state index is 11.0. The third-order valence-electron chi connectivity index (χ3n) is 2.28. The molecule has 0 amide bonds. The summed E-state index contributed by atoms with van der Waals surface area (Å²) in [7, 11) is 0. The van der Waals surface area contributed by atoms with Crippen LogP contribution in [0.15, 0.2) is 35.2 Å². The molecule has 8 nitrogen and oxygen atoms in total. The molecule has 1 aromatic carbocycles. The summed E-state index contributed by atoms with van der Waals surface area (Å²) in [4.78, 5) is 20.9. The van der Waals surface area contributed by atoms with Crippen LogP contribution in [0.2, 0.25) is 0 Å². The molecule has 0 atom stereocenters. The normalized spacial score (nSPS) is 10.1. The molecule has 1 N–H and O–H groups in total. The Balaban J connectivity index is 2.24. The van der Waals surface area contributed by atoms with Gasteiger partial charge in [-0.2, -0.15) is 0 Å². The molecule has 0 saturated heterocycles. The van der Waals surface area contributed by atoms with Gasteiger partial charge in [0.2, 0.25) is 0 Å². The van der Waals surface area contributed by atoms with Gasteiger partial charge in [-0.15, -0.1) is 0 Å². The third kappa shape index (κ3) is 2.86. The van der Waals surface area contributed by atoms with Gasteiger partial charge in [0.15, 0.2) is 0 Å². The summed E-state index contributed by atoms with van der Waals surface area (Å²) < 4.78 is 9.87. The summed E-state index contributed by atoms with van der Waals surface area (Å²) in [6.07, 6.45) is 2.78. The van der Waals surface area contributed by atoms with Crippen molar-refractivity contribution in [1.82, 2.24) is 5.16 Å². The minimum absolute atomic E-state index is 0.0410. The quantitative estimate of drug-likeness (QED) is 0.647. The number of carboxylic acid groups (broad SMARTS) is 1. The van der Waals surface area contributed by atoms with Crippen molar-refractivity contribution in [1.29, 1.82) is 0 Å². The van der Waals surface area contributed by atoms with Crippen LogP contribution in [0.25, 0.3) is 0 Å². The summed E-state index contributed by atoms with van der Waals surface area (Å²) in [5, 5.41) is 23.0. The van der Waals surface area contributed by atoms with Crippen LogP contribution in [0, 0.1) is 10.1 Å². The van der Waals surface area contributed by atoms with Crippen LogP contribution >= 0.6 is 0 Å². The molecule has 0 aliphatic heterocycles. The van der Waals surface area contributed by atoms with Crippen LogP contribution in [-0.4, -0.2) is 21.2 Å². The summed E-state index contributed by atoms with van der Waals surface area (Å²) in [5.74, 6) is -1.26. The van der Waals surface area contributed by atoms with E-state index in [1.54, 1.807) is 0 Å². The van der Waals surface area contributed by atoms with Crippen molar-refractivity contribution < 1.29 is 24.1 Å². The molecule has 0 bridgehead atoms. The van der Waals surface area contributed by atoms with E-state index in [4.69, 9.17) is 9.84 Å². The lowest BCUT2D eigenvalue weighted by atomic mass is 10.2. The van der Waals surface area contributed by atoms with E-state index in [9.17, 15) is 14.9 Å². The van der Waals surface area contributed by atoms with Gasteiger partial charge in [0.25, 0.3) is 5.69 Å². The second kappa shape index (κ2) is 5.17. The molecule has 1 aromatic heterocycles. The fraction of sp³-hybridized carbons (Fsp3) is 0.0909. The predicted octanol–water partition coefficient (Wildman–Crippen LogP) is 1.86. The second-order valence-electron chi connectivity index (χ2n) is 3.56. The van der Waals surface area contributed by atoms with E-state index >= 15 is 0 Å². The highest BCUT2D eigenvalue weighted by Gasteiger charge is 2.17. The molecule has 0 unspecified atom stereocenters. The van der Waals surface area contributed by atoms with Crippen LogP contribution in [0.3, 0.4) is 0 Å². The Morgan fingerprint density at radius 1 is 1.53 bits per heavy atom. The molecule has 19 heavy (non-hydrogen) atoms. The number of ether oxygens (including phenoxy) is 1. The first-order chi connectivity index (χ1) is 9.08. The lowest BCUT2D eigenvalue weighted by Gasteiger charge is -2.07. The smallest absolute Gasteiger partial charge is 0.339 e. The number of rotatable bonds is 5. The fourth-order valence-corrected chi connectivity index (χ4v) is 1.38. The van der Waals surface area contributed by atoms with Crippen molar-refractivity contribution in [3.8, 4) is 5.75 Å². The molecule has 2 rings (SSSR count). The van der Waals surface area contributed by atoms with E-state index in [-0.39, 0.29) is 23.6 Å². The number of nitro benzene ring substituents is 1. The van der Waals surface area contributed by atoms with E-state index in [0.29, 0.717) is 5.56 Å². The Hall–Kier alpha value is -2.90. The molecular formula is C11H8N2O6. The minimum atomic E-state index is -1.30. The number of hydrogen-bond donors (Lipinski definition) is 1. The van der Waals surface area contributed by atoms with E-state index in [2.05, 4.69) is 9.68 Å². The van der Waals surface area contributed by atoms with E-state index < -0.39 is 10.9 Å². The second-order valence-corrected chi connectivity index (χ2v) is 3.56. The van der Waals surface area contributed by atoms with Crippen molar-refractivity contribution in [2.24, 2.45) is 0 Å². The minimum Gasteiger partial charge on any atom is -0.488 e. The third-order valence-corrected chi connectivity index (χ3v) is 2.28. The highest BCUT2D eigenvalue weighted by Crippen LogP contribution is 2.25. The predicted molar refractivity (Wildman–Crippen MR) is 60.9 cm³/mol. The molecule has 1 heterocycles. The largest absolute Gasteiger partial charge is 0.488 e. The average Bonchev–Trinajstić information content (AvgIpc) is 2.89. The first-order valence-corrected chi connectivity index (χ1v) is 5.10. The molecule has 98 valence electrons. The Kier molecular flexibility index (Phi) is 3.42. The molecule has 0 spiro atoms. The van der Waals surface area contributed by atoms with Gasteiger partial charge in [-0.05, 0) is 6.07 Å². The van der Waals surface area contributed by atoms with Gasteiger partial charge >= 0.3 is 5.97 Å². The van der Waals surface area contributed by atoms with Crippen LogP contribution in [0.1, 0.15) is 15.9 Å². The van der Waals surface area contributed by atoms with Gasteiger partial charge in [0, 0.05) is 17.7 Å². The molecule has 2 aromatic rings. The van der Waals surface area contributed by atoms with Gasteiger partial charge in [0.1, 0.15) is 24.2 Å². The van der Waals surface area contributed by atoms with E-state index in [0.717, 1.165) is 6.07 Å². The van der Waals surface area contributed by atoms with Gasteiger partial charge in [-0.3, -0.25) is 10.1 Å². The van der Waals surface area contributed by atoms with Gasteiger partial charge < -0.3 is 14.4 Å². The zero-order valence-corrected chi connectivity index (χ0v) is 9.48. The zero-order chi connectivity index (χ0) is 13.8. The van der Waals surface area contributed by atoms with Crippen molar-refractivity contribution in [3.05, 3.63) is 51.9 Å². The van der Waals surface area contributed by atoms with Gasteiger partial charge in [-0.1, -0.05) is 5.16 Å². The van der Waals surface area contributed by atoms with E-state index in [1.165, 1.54) is 24.6 Å². The number of aromatic nitrogens is 1. The monoisotopic (exact) mass is 264 g/mol. The maximum absolute atomic E-state index is 11.0. The lowest BCUT2D eigenvalue weighted by Crippen LogP contribution is -2.04. The first-order valence-electron chi connectivity index (χ1n) is 5.10. The molecule has 8 heteroatoms. The number of nitro groups is 1. The van der Waals surface area contributed by atoms with Gasteiger partial charge in [-0.25, -0.2) is 4.79 Å². The first kappa shape index (κ1) is 12.6. The number of non-ortho nitro benzene ring substituents is 1. The summed E-state index contributed by atoms with van der Waals surface area (Å²) in [6.45, 7) is 0.0571. The molecule has 0 radical (unpaired) electrons. The highest BCUT2D eigenvalue weighted by molar-refractivity contribution is 5.91. The number of benzene rings is 1. The molecule has 0 aliphatic rings. The fourth-order valence-electron chi connectivity index (χ4n) is 1.38. The van der Waals surface area contributed by atoms with E-state index in [1.807, 2.05) is 0 Å². The summed E-state index contributed by atoms with van der Waals surface area (Å²) >= 11 is 0.